The lowest BCUT2D eigenvalue weighted by molar-refractivity contribution is 0.0947. The van der Waals surface area contributed by atoms with Crippen LogP contribution in [-0.2, 0) is 23.0 Å². The molecule has 158 valence electrons. The van der Waals surface area contributed by atoms with E-state index in [2.05, 4.69) is 21.7 Å². The molecule has 0 saturated carbocycles. The van der Waals surface area contributed by atoms with Gasteiger partial charge in [0.2, 0.25) is 10.0 Å². The second kappa shape index (κ2) is 9.38. The number of amides is 1. The number of hydrogen-bond acceptors (Lipinski definition) is 5. The number of fused-ring (bicyclic) bond motifs is 1. The summed E-state index contributed by atoms with van der Waals surface area (Å²) in [6, 6.07) is 7.06. The van der Waals surface area contributed by atoms with Gasteiger partial charge in [-0.05, 0) is 48.1 Å². The van der Waals surface area contributed by atoms with Crippen molar-refractivity contribution in [3.8, 4) is 0 Å². The average Bonchev–Trinajstić information content (AvgIpc) is 3.16. The maximum atomic E-state index is 12.9. The van der Waals surface area contributed by atoms with Crippen LogP contribution in [0.4, 0.5) is 0 Å². The Balaban J connectivity index is 1.63. The van der Waals surface area contributed by atoms with Crippen LogP contribution in [0, 0.1) is 6.92 Å². The van der Waals surface area contributed by atoms with Gasteiger partial charge in [-0.3, -0.25) is 9.69 Å². The first-order chi connectivity index (χ1) is 13.9. The van der Waals surface area contributed by atoms with Gasteiger partial charge in [0.05, 0.1) is 4.90 Å². The molecule has 1 N–H and O–H groups in total. The zero-order valence-electron chi connectivity index (χ0n) is 17.3. The van der Waals surface area contributed by atoms with Crippen LogP contribution in [0.25, 0.3) is 0 Å². The van der Waals surface area contributed by atoms with Gasteiger partial charge in [-0.2, -0.15) is 4.31 Å². The Labute approximate surface area is 177 Å². The number of hydrogen-bond donors (Lipinski definition) is 1. The molecule has 0 saturated heterocycles. The maximum Gasteiger partial charge on any atom is 0.251 e. The van der Waals surface area contributed by atoms with Crippen molar-refractivity contribution in [3.05, 3.63) is 51.2 Å². The fourth-order valence-corrected chi connectivity index (χ4v) is 6.25. The van der Waals surface area contributed by atoms with Gasteiger partial charge in [0, 0.05) is 49.7 Å². The lowest BCUT2D eigenvalue weighted by atomic mass is 10.1. The van der Waals surface area contributed by atoms with Crippen LogP contribution in [0.3, 0.4) is 0 Å². The van der Waals surface area contributed by atoms with E-state index in [0.717, 1.165) is 26.1 Å². The van der Waals surface area contributed by atoms with Crippen LogP contribution in [-0.4, -0.2) is 56.3 Å². The summed E-state index contributed by atoms with van der Waals surface area (Å²) in [5.41, 5.74) is 2.41. The highest BCUT2D eigenvalue weighted by Crippen LogP contribution is 2.24. The molecule has 2 heterocycles. The fraction of sp³-hybridized carbons (Fsp3) is 0.476. The Bertz CT molecular complexity index is 965. The van der Waals surface area contributed by atoms with Crippen LogP contribution in [0.1, 0.15) is 40.2 Å². The summed E-state index contributed by atoms with van der Waals surface area (Å²) in [6.07, 6.45) is 1.06. The van der Waals surface area contributed by atoms with E-state index in [-0.39, 0.29) is 10.8 Å². The molecule has 1 aromatic heterocycles. The van der Waals surface area contributed by atoms with Gasteiger partial charge in [-0.25, -0.2) is 8.42 Å². The summed E-state index contributed by atoms with van der Waals surface area (Å²) >= 11 is 1.81. The van der Waals surface area contributed by atoms with E-state index in [0.29, 0.717) is 30.8 Å². The van der Waals surface area contributed by atoms with Crippen molar-refractivity contribution >= 4 is 27.3 Å². The second-order valence-electron chi connectivity index (χ2n) is 7.22. The maximum absolute atomic E-state index is 12.9. The Kier molecular flexibility index (Phi) is 7.10. The monoisotopic (exact) mass is 435 g/mol. The molecule has 2 aromatic rings. The number of aryl methyl sites for hydroxylation is 1. The van der Waals surface area contributed by atoms with Gasteiger partial charge in [-0.1, -0.05) is 19.9 Å². The van der Waals surface area contributed by atoms with E-state index in [1.165, 1.54) is 20.8 Å². The first-order valence-electron chi connectivity index (χ1n) is 10.0. The van der Waals surface area contributed by atoms with Gasteiger partial charge in [0.25, 0.3) is 5.91 Å². The summed E-state index contributed by atoms with van der Waals surface area (Å²) < 4.78 is 27.2. The number of nitrogens with one attached hydrogen (secondary N) is 1. The zero-order valence-corrected chi connectivity index (χ0v) is 18.9. The minimum absolute atomic E-state index is 0.204. The van der Waals surface area contributed by atoms with Gasteiger partial charge in [0.1, 0.15) is 0 Å². The van der Waals surface area contributed by atoms with Gasteiger partial charge in [-0.15, -0.1) is 11.3 Å². The molecule has 6 nitrogen and oxygen atoms in total. The number of carbonyl (C=O) groups is 1. The van der Waals surface area contributed by atoms with Crippen LogP contribution in [0.5, 0.6) is 0 Å². The van der Waals surface area contributed by atoms with Crippen molar-refractivity contribution in [1.82, 2.24) is 14.5 Å². The van der Waals surface area contributed by atoms with Crippen LogP contribution < -0.4 is 5.32 Å². The summed E-state index contributed by atoms with van der Waals surface area (Å²) in [7, 11) is -3.60. The third-order valence-corrected chi connectivity index (χ3v) is 8.59. The Morgan fingerprint density at radius 3 is 2.72 bits per heavy atom. The molecule has 3 rings (SSSR count). The highest BCUT2D eigenvalue weighted by molar-refractivity contribution is 7.89. The predicted octanol–water partition coefficient (Wildman–Crippen LogP) is 2.88. The lowest BCUT2D eigenvalue weighted by Crippen LogP contribution is -2.37. The van der Waals surface area contributed by atoms with Crippen molar-refractivity contribution in [2.75, 3.05) is 32.7 Å². The van der Waals surface area contributed by atoms with E-state index in [1.807, 2.05) is 25.2 Å². The molecule has 0 atom stereocenters. The van der Waals surface area contributed by atoms with Crippen molar-refractivity contribution in [1.29, 1.82) is 0 Å². The Morgan fingerprint density at radius 1 is 1.24 bits per heavy atom. The number of benzene rings is 1. The van der Waals surface area contributed by atoms with E-state index in [9.17, 15) is 13.2 Å². The smallest absolute Gasteiger partial charge is 0.251 e. The number of sulfonamides is 1. The van der Waals surface area contributed by atoms with E-state index in [4.69, 9.17) is 0 Å². The quantitative estimate of drug-likeness (QED) is 0.692. The molecular formula is C21H29N3O3S2. The second-order valence-corrected chi connectivity index (χ2v) is 10.1. The molecule has 8 heteroatoms. The molecule has 1 aliphatic heterocycles. The molecule has 0 unspecified atom stereocenters. The van der Waals surface area contributed by atoms with Crippen molar-refractivity contribution in [2.24, 2.45) is 0 Å². The molecule has 0 bridgehead atoms. The number of thiophene rings is 1. The van der Waals surface area contributed by atoms with E-state index >= 15 is 0 Å². The Morgan fingerprint density at radius 2 is 2.00 bits per heavy atom. The number of nitrogens with zero attached hydrogens (tertiary/aromatic N) is 2. The van der Waals surface area contributed by atoms with Gasteiger partial charge < -0.3 is 5.32 Å². The van der Waals surface area contributed by atoms with Gasteiger partial charge in [0.15, 0.2) is 0 Å². The zero-order chi connectivity index (χ0) is 21.0. The molecule has 29 heavy (non-hydrogen) atoms. The summed E-state index contributed by atoms with van der Waals surface area (Å²) in [5.74, 6) is -0.241. The third-order valence-electron chi connectivity index (χ3n) is 5.37. The Hall–Kier alpha value is -1.74. The molecule has 0 radical (unpaired) electrons. The first-order valence-corrected chi connectivity index (χ1v) is 12.3. The SMILES string of the molecule is CCN(CC)S(=O)(=O)c1cc(C(=O)NCCN2CCc3sccc3C2)ccc1C. The minimum atomic E-state index is -3.60. The largest absolute Gasteiger partial charge is 0.351 e. The molecule has 1 aliphatic rings. The highest BCUT2D eigenvalue weighted by atomic mass is 32.2. The molecule has 0 spiro atoms. The molecule has 1 amide bonds. The summed E-state index contributed by atoms with van der Waals surface area (Å²) in [6.45, 7) is 9.41. The fourth-order valence-electron chi connectivity index (χ4n) is 3.65. The molecular weight excluding hydrogens is 406 g/mol. The van der Waals surface area contributed by atoms with E-state index < -0.39 is 10.0 Å². The topological polar surface area (TPSA) is 69.7 Å². The van der Waals surface area contributed by atoms with Crippen molar-refractivity contribution in [3.63, 3.8) is 0 Å². The summed E-state index contributed by atoms with van der Waals surface area (Å²) in [4.78, 5) is 16.6. The summed E-state index contributed by atoms with van der Waals surface area (Å²) in [5, 5.41) is 5.07. The third kappa shape index (κ3) is 4.88. The normalized spacial score (nSPS) is 14.8. The van der Waals surface area contributed by atoms with Crippen LogP contribution in [0.2, 0.25) is 0 Å². The van der Waals surface area contributed by atoms with E-state index in [1.54, 1.807) is 19.1 Å². The van der Waals surface area contributed by atoms with Crippen molar-refractivity contribution < 1.29 is 13.2 Å². The van der Waals surface area contributed by atoms with Gasteiger partial charge >= 0.3 is 0 Å². The lowest BCUT2D eigenvalue weighted by Gasteiger charge is -2.26. The standard InChI is InChI=1S/C21H29N3O3S2/c1-4-24(5-2)29(26,27)20-14-17(7-6-16(20)3)21(25)22-10-12-23-11-8-19-18(15-23)9-13-28-19/h6-7,9,13-14H,4-5,8,10-12,15H2,1-3H3,(H,22,25). The molecule has 0 aliphatic carbocycles. The molecule has 1 aromatic carbocycles. The van der Waals surface area contributed by atoms with Crippen molar-refractivity contribution in [2.45, 2.75) is 38.6 Å². The average molecular weight is 436 g/mol. The minimum Gasteiger partial charge on any atom is -0.351 e. The van der Waals surface area contributed by atoms with Crippen LogP contribution in [0.15, 0.2) is 34.5 Å². The number of carbonyl (C=O) groups excluding carboxylic acids is 1. The molecule has 0 fully saturated rings. The van der Waals surface area contributed by atoms with Crippen LogP contribution >= 0.6 is 11.3 Å². The highest BCUT2D eigenvalue weighted by Gasteiger charge is 2.25. The first kappa shape index (κ1) is 22.0. The predicted molar refractivity (Wildman–Crippen MR) is 117 cm³/mol. The number of rotatable bonds is 8.